The van der Waals surface area contributed by atoms with Crippen LogP contribution in [0.4, 0.5) is 0 Å². The molecular weight excluding hydrogens is 162 g/mol. The normalized spacial score (nSPS) is 17.5. The lowest BCUT2D eigenvalue weighted by atomic mass is 9.89. The van der Waals surface area contributed by atoms with Crippen LogP contribution in [0.5, 0.6) is 0 Å². The topological polar surface area (TPSA) is 20.3 Å². The van der Waals surface area contributed by atoms with E-state index in [0.29, 0.717) is 6.42 Å². The van der Waals surface area contributed by atoms with Gasteiger partial charge in [-0.15, -0.1) is 6.58 Å². The molecule has 0 aromatic heterocycles. The Kier molecular flexibility index (Phi) is 3.12. The predicted molar refractivity (Wildman–Crippen MR) is 54.4 cm³/mol. The molecule has 0 spiro atoms. The van der Waals surface area contributed by atoms with Gasteiger partial charge in [-0.1, -0.05) is 19.9 Å². The smallest absolute Gasteiger partial charge is 0.223 e. The Balaban J connectivity index is 2.44. The van der Waals surface area contributed by atoms with Crippen LogP contribution in [-0.2, 0) is 4.79 Å². The third-order valence-corrected chi connectivity index (χ3v) is 2.62. The summed E-state index contributed by atoms with van der Waals surface area (Å²) in [6, 6.07) is 0. The summed E-state index contributed by atoms with van der Waals surface area (Å²) in [7, 11) is 0. The molecule has 0 aromatic rings. The van der Waals surface area contributed by atoms with E-state index in [4.69, 9.17) is 0 Å². The lowest BCUT2D eigenvalue weighted by Gasteiger charge is -2.23. The maximum absolute atomic E-state index is 11.7. The molecule has 1 saturated heterocycles. The molecule has 2 nitrogen and oxygen atoms in total. The summed E-state index contributed by atoms with van der Waals surface area (Å²) in [5.41, 5.74) is -0.0559. The summed E-state index contributed by atoms with van der Waals surface area (Å²) < 4.78 is 0. The van der Waals surface area contributed by atoms with Gasteiger partial charge in [-0.3, -0.25) is 4.79 Å². The van der Waals surface area contributed by atoms with Crippen molar-refractivity contribution in [1.82, 2.24) is 4.90 Å². The van der Waals surface area contributed by atoms with Gasteiger partial charge < -0.3 is 4.90 Å². The maximum Gasteiger partial charge on any atom is 0.223 e. The molecule has 0 N–H and O–H groups in total. The molecule has 0 saturated carbocycles. The van der Waals surface area contributed by atoms with Crippen molar-refractivity contribution in [2.24, 2.45) is 5.41 Å². The van der Waals surface area contributed by atoms with Crippen molar-refractivity contribution in [2.75, 3.05) is 13.1 Å². The highest BCUT2D eigenvalue weighted by Crippen LogP contribution is 2.23. The average molecular weight is 181 g/mol. The van der Waals surface area contributed by atoms with Crippen LogP contribution >= 0.6 is 0 Å². The third-order valence-electron chi connectivity index (χ3n) is 2.62. The van der Waals surface area contributed by atoms with E-state index in [9.17, 15) is 4.79 Å². The Labute approximate surface area is 80.6 Å². The van der Waals surface area contributed by atoms with Gasteiger partial charge in [-0.2, -0.15) is 0 Å². The first kappa shape index (κ1) is 10.3. The molecular formula is C11H19NO. The van der Waals surface area contributed by atoms with Gasteiger partial charge in [0.15, 0.2) is 0 Å². The number of hydrogen-bond acceptors (Lipinski definition) is 1. The summed E-state index contributed by atoms with van der Waals surface area (Å²) in [5, 5.41) is 0. The summed E-state index contributed by atoms with van der Waals surface area (Å²) in [6.07, 6.45) is 4.79. The van der Waals surface area contributed by atoms with E-state index in [1.54, 1.807) is 0 Å². The van der Waals surface area contributed by atoms with Gasteiger partial charge in [0.1, 0.15) is 0 Å². The Morgan fingerprint density at radius 2 is 2.00 bits per heavy atom. The Morgan fingerprint density at radius 3 is 2.46 bits per heavy atom. The molecule has 0 unspecified atom stereocenters. The first-order chi connectivity index (χ1) is 6.05. The quantitative estimate of drug-likeness (QED) is 0.611. The van der Waals surface area contributed by atoms with Crippen molar-refractivity contribution in [2.45, 2.75) is 33.1 Å². The van der Waals surface area contributed by atoms with Gasteiger partial charge in [0.2, 0.25) is 5.91 Å². The van der Waals surface area contributed by atoms with E-state index in [2.05, 4.69) is 6.58 Å². The summed E-state index contributed by atoms with van der Waals surface area (Å²) in [5.74, 6) is 0.280. The zero-order valence-corrected chi connectivity index (χ0v) is 8.68. The number of amides is 1. The zero-order valence-electron chi connectivity index (χ0n) is 8.68. The summed E-state index contributed by atoms with van der Waals surface area (Å²) in [4.78, 5) is 13.7. The Hall–Kier alpha value is -0.790. The third kappa shape index (κ3) is 2.87. The summed E-state index contributed by atoms with van der Waals surface area (Å²) >= 11 is 0. The second-order valence-electron chi connectivity index (χ2n) is 4.46. The molecule has 1 heterocycles. The minimum absolute atomic E-state index is 0.0559. The molecule has 0 aromatic carbocycles. The maximum atomic E-state index is 11.7. The van der Waals surface area contributed by atoms with Crippen molar-refractivity contribution in [3.05, 3.63) is 12.7 Å². The van der Waals surface area contributed by atoms with Gasteiger partial charge in [-0.05, 0) is 18.3 Å². The van der Waals surface area contributed by atoms with Gasteiger partial charge in [0, 0.05) is 19.5 Å². The first-order valence-electron chi connectivity index (χ1n) is 4.96. The number of rotatable bonds is 3. The van der Waals surface area contributed by atoms with Crippen LogP contribution in [0.1, 0.15) is 33.1 Å². The van der Waals surface area contributed by atoms with E-state index in [1.807, 2.05) is 24.8 Å². The molecule has 1 aliphatic rings. The molecule has 0 radical (unpaired) electrons. The van der Waals surface area contributed by atoms with E-state index < -0.39 is 0 Å². The molecule has 2 heteroatoms. The summed E-state index contributed by atoms with van der Waals surface area (Å²) in [6.45, 7) is 9.74. The molecule has 0 bridgehead atoms. The largest absolute Gasteiger partial charge is 0.343 e. The molecule has 74 valence electrons. The highest BCUT2D eigenvalue weighted by Gasteiger charge is 2.24. The van der Waals surface area contributed by atoms with Gasteiger partial charge >= 0.3 is 0 Å². The monoisotopic (exact) mass is 181 g/mol. The van der Waals surface area contributed by atoms with Crippen molar-refractivity contribution >= 4 is 5.91 Å². The molecule has 1 fully saturated rings. The molecule has 13 heavy (non-hydrogen) atoms. The number of nitrogens with zero attached hydrogens (tertiary/aromatic N) is 1. The fraction of sp³-hybridized carbons (Fsp3) is 0.727. The van der Waals surface area contributed by atoms with Crippen LogP contribution in [-0.4, -0.2) is 23.9 Å². The number of likely N-dealkylation sites (tertiary alicyclic amines) is 1. The number of carbonyl (C=O) groups excluding carboxylic acids is 1. The number of hydrogen-bond donors (Lipinski definition) is 0. The predicted octanol–water partition coefficient (Wildman–Crippen LogP) is 2.21. The van der Waals surface area contributed by atoms with Gasteiger partial charge in [0.25, 0.3) is 0 Å². The van der Waals surface area contributed by atoms with E-state index in [-0.39, 0.29) is 11.3 Å². The first-order valence-corrected chi connectivity index (χ1v) is 4.96. The van der Waals surface area contributed by atoms with Crippen LogP contribution in [0.2, 0.25) is 0 Å². The lowest BCUT2D eigenvalue weighted by Crippen LogP contribution is -2.31. The van der Waals surface area contributed by atoms with Crippen LogP contribution in [0.3, 0.4) is 0 Å². The minimum Gasteiger partial charge on any atom is -0.343 e. The van der Waals surface area contributed by atoms with Crippen LogP contribution in [0.25, 0.3) is 0 Å². The molecule has 0 atom stereocenters. The van der Waals surface area contributed by atoms with Crippen molar-refractivity contribution in [1.29, 1.82) is 0 Å². The SMILES string of the molecule is C=CC(C)(C)CC(=O)N1CCCC1. The lowest BCUT2D eigenvalue weighted by molar-refractivity contribution is -0.131. The highest BCUT2D eigenvalue weighted by molar-refractivity contribution is 5.77. The molecule has 1 rings (SSSR count). The van der Waals surface area contributed by atoms with Gasteiger partial charge in [0.05, 0.1) is 0 Å². The van der Waals surface area contributed by atoms with E-state index >= 15 is 0 Å². The van der Waals surface area contributed by atoms with Crippen LogP contribution in [0.15, 0.2) is 12.7 Å². The number of allylic oxidation sites excluding steroid dienone is 1. The Morgan fingerprint density at radius 1 is 1.46 bits per heavy atom. The molecule has 0 aliphatic carbocycles. The van der Waals surface area contributed by atoms with Crippen molar-refractivity contribution in [3.8, 4) is 0 Å². The van der Waals surface area contributed by atoms with E-state index in [0.717, 1.165) is 13.1 Å². The second-order valence-corrected chi connectivity index (χ2v) is 4.46. The number of carbonyl (C=O) groups is 1. The minimum atomic E-state index is -0.0559. The fourth-order valence-electron chi connectivity index (χ4n) is 1.54. The van der Waals surface area contributed by atoms with Crippen LogP contribution < -0.4 is 0 Å². The Bertz CT molecular complexity index is 202. The van der Waals surface area contributed by atoms with Crippen molar-refractivity contribution < 1.29 is 4.79 Å². The molecule has 1 amide bonds. The van der Waals surface area contributed by atoms with Crippen LogP contribution in [0, 0.1) is 5.41 Å². The van der Waals surface area contributed by atoms with E-state index in [1.165, 1.54) is 12.8 Å². The fourth-order valence-corrected chi connectivity index (χ4v) is 1.54. The molecule has 1 aliphatic heterocycles. The second kappa shape index (κ2) is 3.95. The van der Waals surface area contributed by atoms with Crippen molar-refractivity contribution in [3.63, 3.8) is 0 Å². The highest BCUT2D eigenvalue weighted by atomic mass is 16.2. The van der Waals surface area contributed by atoms with Gasteiger partial charge in [-0.25, -0.2) is 0 Å². The standard InChI is InChI=1S/C11H19NO/c1-4-11(2,3)9-10(13)12-7-5-6-8-12/h4H,1,5-9H2,2-3H3. The zero-order chi connectivity index (χ0) is 9.90. The average Bonchev–Trinajstić information content (AvgIpc) is 2.55.